The van der Waals surface area contributed by atoms with Crippen LogP contribution in [0.15, 0.2) is 11.0 Å². The third-order valence-electron chi connectivity index (χ3n) is 3.87. The van der Waals surface area contributed by atoms with Gasteiger partial charge in [-0.15, -0.1) is 0 Å². The van der Waals surface area contributed by atoms with Crippen molar-refractivity contribution in [2.24, 2.45) is 7.05 Å². The maximum Gasteiger partial charge on any atom is 0.244 e. The maximum absolute atomic E-state index is 12.4. The number of rotatable bonds is 4. The second-order valence-corrected chi connectivity index (χ2v) is 7.11. The maximum atomic E-state index is 12.4. The van der Waals surface area contributed by atoms with Crippen molar-refractivity contribution in [1.82, 2.24) is 24.3 Å². The molecule has 3 heterocycles. The van der Waals surface area contributed by atoms with Crippen molar-refractivity contribution in [2.45, 2.75) is 44.7 Å². The summed E-state index contributed by atoms with van der Waals surface area (Å²) < 4.78 is 31.0. The van der Waals surface area contributed by atoms with Crippen LogP contribution >= 0.6 is 0 Å². The van der Waals surface area contributed by atoms with Gasteiger partial charge in [0.05, 0.1) is 23.6 Å². The summed E-state index contributed by atoms with van der Waals surface area (Å²) in [4.78, 5) is 0.261. The number of nitrogens with one attached hydrogen (secondary N) is 1. The van der Waals surface area contributed by atoms with E-state index in [1.165, 1.54) is 5.69 Å². The van der Waals surface area contributed by atoms with Gasteiger partial charge in [-0.25, -0.2) is 13.1 Å². The van der Waals surface area contributed by atoms with E-state index in [1.807, 2.05) is 10.7 Å². The quantitative estimate of drug-likeness (QED) is 0.899. The molecule has 114 valence electrons. The lowest BCUT2D eigenvalue weighted by Crippen LogP contribution is -2.24. The third-order valence-corrected chi connectivity index (χ3v) is 5.52. The van der Waals surface area contributed by atoms with Crippen molar-refractivity contribution >= 4 is 10.0 Å². The van der Waals surface area contributed by atoms with Gasteiger partial charge in [0.2, 0.25) is 10.0 Å². The number of fused-ring (bicyclic) bond motifs is 1. The molecule has 0 spiro atoms. The predicted molar refractivity (Wildman–Crippen MR) is 77.3 cm³/mol. The summed E-state index contributed by atoms with van der Waals surface area (Å²) in [6, 6.07) is 1.97. The number of sulfonamides is 1. The Morgan fingerprint density at radius 2 is 2.10 bits per heavy atom. The van der Waals surface area contributed by atoms with Crippen molar-refractivity contribution < 1.29 is 8.42 Å². The first-order chi connectivity index (χ1) is 9.88. The fourth-order valence-electron chi connectivity index (χ4n) is 2.79. The summed E-state index contributed by atoms with van der Waals surface area (Å²) in [5.74, 6) is 0. The largest absolute Gasteiger partial charge is 0.271 e. The molecule has 3 rings (SSSR count). The first kappa shape index (κ1) is 14.3. The highest BCUT2D eigenvalue weighted by atomic mass is 32.2. The average Bonchev–Trinajstić information content (AvgIpc) is 3.02. The Bertz CT molecular complexity index is 766. The van der Waals surface area contributed by atoms with Gasteiger partial charge in [0.15, 0.2) is 0 Å². The normalized spacial score (nSPS) is 14.6. The van der Waals surface area contributed by atoms with Gasteiger partial charge in [-0.2, -0.15) is 10.2 Å². The Kier molecular flexibility index (Phi) is 3.37. The van der Waals surface area contributed by atoms with E-state index in [2.05, 4.69) is 14.9 Å². The lowest BCUT2D eigenvalue weighted by Gasteiger charge is -2.06. The molecule has 2 aromatic heterocycles. The minimum atomic E-state index is -3.57. The van der Waals surface area contributed by atoms with Crippen LogP contribution in [0.4, 0.5) is 0 Å². The van der Waals surface area contributed by atoms with Gasteiger partial charge in [0, 0.05) is 19.3 Å². The molecule has 1 aliphatic heterocycles. The Balaban J connectivity index is 1.79. The smallest absolute Gasteiger partial charge is 0.244 e. The summed E-state index contributed by atoms with van der Waals surface area (Å²) in [6.45, 7) is 4.57. The number of hydrogen-bond acceptors (Lipinski definition) is 4. The summed E-state index contributed by atoms with van der Waals surface area (Å²) in [7, 11) is -1.84. The predicted octanol–water partition coefficient (Wildman–Crippen LogP) is 0.658. The van der Waals surface area contributed by atoms with Crippen molar-refractivity contribution in [3.8, 4) is 0 Å². The Morgan fingerprint density at radius 1 is 1.33 bits per heavy atom. The standard InChI is InChI=1S/C13H19N5O2S/c1-9-13(10(2)17(3)15-9)21(19,20)14-8-11-7-12-5-4-6-18(12)16-11/h7,14H,4-6,8H2,1-3H3. The molecule has 7 nitrogen and oxygen atoms in total. The van der Waals surface area contributed by atoms with E-state index in [1.54, 1.807) is 25.6 Å². The second-order valence-electron chi connectivity index (χ2n) is 5.40. The van der Waals surface area contributed by atoms with E-state index in [0.717, 1.165) is 25.1 Å². The highest BCUT2D eigenvalue weighted by Gasteiger charge is 2.24. The molecule has 0 saturated heterocycles. The minimum absolute atomic E-state index is 0.204. The van der Waals surface area contributed by atoms with Crippen LogP contribution in [-0.2, 0) is 36.6 Å². The minimum Gasteiger partial charge on any atom is -0.271 e. The zero-order valence-corrected chi connectivity index (χ0v) is 13.2. The summed E-state index contributed by atoms with van der Waals surface area (Å²) >= 11 is 0. The Hall–Kier alpha value is -1.67. The number of aryl methyl sites for hydroxylation is 4. The SMILES string of the molecule is Cc1nn(C)c(C)c1S(=O)(=O)NCc1cc2n(n1)CCC2. The molecule has 0 unspecified atom stereocenters. The van der Waals surface area contributed by atoms with E-state index in [4.69, 9.17) is 0 Å². The molecule has 0 aliphatic carbocycles. The molecule has 1 N–H and O–H groups in total. The monoisotopic (exact) mass is 309 g/mol. The van der Waals surface area contributed by atoms with Crippen LogP contribution in [0.2, 0.25) is 0 Å². The van der Waals surface area contributed by atoms with Gasteiger partial charge in [-0.05, 0) is 32.8 Å². The van der Waals surface area contributed by atoms with Crippen LogP contribution in [0.5, 0.6) is 0 Å². The van der Waals surface area contributed by atoms with Gasteiger partial charge in [-0.3, -0.25) is 9.36 Å². The molecule has 8 heteroatoms. The zero-order chi connectivity index (χ0) is 15.2. The van der Waals surface area contributed by atoms with Crippen LogP contribution in [0.25, 0.3) is 0 Å². The van der Waals surface area contributed by atoms with Crippen molar-refractivity contribution in [3.63, 3.8) is 0 Å². The number of hydrogen-bond donors (Lipinski definition) is 1. The third kappa shape index (κ3) is 2.49. The fraction of sp³-hybridized carbons (Fsp3) is 0.538. The summed E-state index contributed by atoms with van der Waals surface area (Å²) in [5.41, 5.74) is 3.08. The average molecular weight is 309 g/mol. The van der Waals surface area contributed by atoms with Gasteiger partial charge < -0.3 is 0 Å². The van der Waals surface area contributed by atoms with Crippen LogP contribution in [0.3, 0.4) is 0 Å². The van der Waals surface area contributed by atoms with Gasteiger partial charge in [-0.1, -0.05) is 0 Å². The van der Waals surface area contributed by atoms with Crippen molar-refractivity contribution in [3.05, 3.63) is 28.8 Å². The summed E-state index contributed by atoms with van der Waals surface area (Å²) in [6.07, 6.45) is 2.13. The molecule has 2 aromatic rings. The highest BCUT2D eigenvalue weighted by Crippen LogP contribution is 2.19. The molecule has 1 aliphatic rings. The first-order valence-corrected chi connectivity index (χ1v) is 8.42. The molecular weight excluding hydrogens is 290 g/mol. The molecule has 0 saturated carbocycles. The topological polar surface area (TPSA) is 81.8 Å². The molecular formula is C13H19N5O2S. The van der Waals surface area contributed by atoms with E-state index >= 15 is 0 Å². The zero-order valence-electron chi connectivity index (χ0n) is 12.4. The fourth-order valence-corrected chi connectivity index (χ4v) is 4.22. The van der Waals surface area contributed by atoms with Crippen LogP contribution in [-0.4, -0.2) is 28.0 Å². The molecule has 0 radical (unpaired) electrons. The van der Waals surface area contributed by atoms with Crippen LogP contribution in [0, 0.1) is 13.8 Å². The Morgan fingerprint density at radius 3 is 2.71 bits per heavy atom. The number of nitrogens with zero attached hydrogens (tertiary/aromatic N) is 4. The Labute approximate surface area is 124 Å². The molecule has 0 bridgehead atoms. The lowest BCUT2D eigenvalue weighted by molar-refractivity contribution is 0.576. The lowest BCUT2D eigenvalue weighted by atomic mass is 10.3. The van der Waals surface area contributed by atoms with Crippen molar-refractivity contribution in [2.75, 3.05) is 0 Å². The molecule has 21 heavy (non-hydrogen) atoms. The molecule has 0 amide bonds. The van der Waals surface area contributed by atoms with E-state index in [-0.39, 0.29) is 11.4 Å². The second kappa shape index (κ2) is 4.96. The van der Waals surface area contributed by atoms with Gasteiger partial charge >= 0.3 is 0 Å². The van der Waals surface area contributed by atoms with E-state index < -0.39 is 10.0 Å². The van der Waals surface area contributed by atoms with Gasteiger partial charge in [0.25, 0.3) is 0 Å². The number of aromatic nitrogens is 4. The van der Waals surface area contributed by atoms with Gasteiger partial charge in [0.1, 0.15) is 4.90 Å². The molecule has 0 aromatic carbocycles. The van der Waals surface area contributed by atoms with E-state index in [0.29, 0.717) is 11.4 Å². The summed E-state index contributed by atoms with van der Waals surface area (Å²) in [5, 5.41) is 8.56. The molecule has 0 fully saturated rings. The van der Waals surface area contributed by atoms with Crippen LogP contribution in [0.1, 0.15) is 29.2 Å². The van der Waals surface area contributed by atoms with Crippen molar-refractivity contribution in [1.29, 1.82) is 0 Å². The highest BCUT2D eigenvalue weighted by molar-refractivity contribution is 7.89. The van der Waals surface area contributed by atoms with E-state index in [9.17, 15) is 8.42 Å². The molecule has 0 atom stereocenters. The first-order valence-electron chi connectivity index (χ1n) is 6.94. The van der Waals surface area contributed by atoms with Crippen LogP contribution < -0.4 is 4.72 Å².